The lowest BCUT2D eigenvalue weighted by atomic mass is 9.76. The molecule has 0 bridgehead atoms. The van der Waals surface area contributed by atoms with Gasteiger partial charge in [-0.1, -0.05) is 32.9 Å². The Bertz CT molecular complexity index is 565. The summed E-state index contributed by atoms with van der Waals surface area (Å²) in [7, 11) is -3.36. The number of nitrogens with two attached hydrogens (primary N) is 1. The van der Waals surface area contributed by atoms with E-state index < -0.39 is 10.0 Å². The molecule has 0 aliphatic carbocycles. The Kier molecular flexibility index (Phi) is 4.76. The van der Waals surface area contributed by atoms with Gasteiger partial charge in [0.2, 0.25) is 10.0 Å². The quantitative estimate of drug-likeness (QED) is 0.933. The lowest BCUT2D eigenvalue weighted by Gasteiger charge is -2.38. The molecule has 0 radical (unpaired) electrons. The fourth-order valence-corrected chi connectivity index (χ4v) is 4.38. The molecule has 0 aromatic heterocycles. The maximum absolute atomic E-state index is 12.6. The summed E-state index contributed by atoms with van der Waals surface area (Å²) in [4.78, 5) is 0.369. The molecule has 1 aromatic rings. The first kappa shape index (κ1) is 16.5. The zero-order valence-corrected chi connectivity index (χ0v) is 14.0. The Morgan fingerprint density at radius 3 is 2.10 bits per heavy atom. The van der Waals surface area contributed by atoms with E-state index in [0.29, 0.717) is 30.4 Å². The van der Waals surface area contributed by atoms with Crippen LogP contribution in [0.4, 0.5) is 0 Å². The number of rotatable bonds is 3. The highest BCUT2D eigenvalue weighted by atomic mass is 32.2. The summed E-state index contributed by atoms with van der Waals surface area (Å²) < 4.78 is 26.9. The van der Waals surface area contributed by atoms with Crippen LogP contribution >= 0.6 is 0 Å². The second kappa shape index (κ2) is 6.07. The molecule has 0 spiro atoms. The van der Waals surface area contributed by atoms with Gasteiger partial charge in [0.1, 0.15) is 0 Å². The summed E-state index contributed by atoms with van der Waals surface area (Å²) in [6, 6.07) is 6.89. The Morgan fingerprint density at radius 2 is 1.67 bits per heavy atom. The Balaban J connectivity index is 2.11. The third kappa shape index (κ3) is 3.65. The number of benzene rings is 1. The third-order valence-corrected chi connectivity index (χ3v) is 6.39. The zero-order valence-electron chi connectivity index (χ0n) is 13.2. The van der Waals surface area contributed by atoms with E-state index in [1.54, 1.807) is 28.6 Å². The molecule has 0 unspecified atom stereocenters. The van der Waals surface area contributed by atoms with E-state index in [1.807, 2.05) is 0 Å². The van der Waals surface area contributed by atoms with Gasteiger partial charge in [-0.3, -0.25) is 0 Å². The zero-order chi connectivity index (χ0) is 15.7. The molecule has 1 heterocycles. The molecule has 2 N–H and O–H groups in total. The van der Waals surface area contributed by atoms with Crippen LogP contribution in [0.1, 0.15) is 39.2 Å². The van der Waals surface area contributed by atoms with E-state index in [9.17, 15) is 8.42 Å². The summed E-state index contributed by atoms with van der Waals surface area (Å²) in [6.07, 6.45) is 1.87. The summed E-state index contributed by atoms with van der Waals surface area (Å²) in [6.45, 7) is 8.34. The average molecular weight is 310 g/mol. The van der Waals surface area contributed by atoms with Crippen molar-refractivity contribution in [2.75, 3.05) is 13.1 Å². The molecule has 0 amide bonds. The highest BCUT2D eigenvalue weighted by Gasteiger charge is 2.33. The Morgan fingerprint density at radius 1 is 1.14 bits per heavy atom. The number of sulfonamides is 1. The third-order valence-electron chi connectivity index (χ3n) is 4.48. The second-order valence-electron chi connectivity index (χ2n) is 6.89. The van der Waals surface area contributed by atoms with E-state index in [0.717, 1.165) is 18.4 Å². The van der Waals surface area contributed by atoms with E-state index in [-0.39, 0.29) is 5.41 Å². The first-order valence-electron chi connectivity index (χ1n) is 7.54. The van der Waals surface area contributed by atoms with Crippen LogP contribution in [0.3, 0.4) is 0 Å². The van der Waals surface area contributed by atoms with E-state index in [1.165, 1.54) is 0 Å². The molecule has 0 atom stereocenters. The van der Waals surface area contributed by atoms with Crippen LogP contribution in [0.2, 0.25) is 0 Å². The van der Waals surface area contributed by atoms with E-state index in [2.05, 4.69) is 20.8 Å². The van der Waals surface area contributed by atoms with Gasteiger partial charge in [-0.2, -0.15) is 4.31 Å². The summed E-state index contributed by atoms with van der Waals surface area (Å²) in [5, 5.41) is 0. The van der Waals surface area contributed by atoms with Gasteiger partial charge in [-0.25, -0.2) is 8.42 Å². The van der Waals surface area contributed by atoms with Crippen molar-refractivity contribution in [1.29, 1.82) is 0 Å². The minimum absolute atomic E-state index is 0.249. The largest absolute Gasteiger partial charge is 0.326 e. The maximum atomic E-state index is 12.6. The van der Waals surface area contributed by atoms with Crippen LogP contribution in [0.5, 0.6) is 0 Å². The van der Waals surface area contributed by atoms with E-state index in [4.69, 9.17) is 5.73 Å². The maximum Gasteiger partial charge on any atom is 0.243 e. The standard InChI is InChI=1S/C16H26N2O2S/c1-16(2,3)14-8-10-18(11-9-14)21(19,20)15-6-4-13(12-17)5-7-15/h4-7,14H,8-12,17H2,1-3H3. The molecule has 1 fully saturated rings. The lowest BCUT2D eigenvalue weighted by Crippen LogP contribution is -2.41. The number of hydrogen-bond acceptors (Lipinski definition) is 3. The molecule has 2 rings (SSSR count). The molecule has 1 aliphatic heterocycles. The SMILES string of the molecule is CC(C)(C)C1CCN(S(=O)(=O)c2ccc(CN)cc2)CC1. The van der Waals surface area contributed by atoms with Crippen molar-refractivity contribution in [3.8, 4) is 0 Å². The highest BCUT2D eigenvalue weighted by molar-refractivity contribution is 7.89. The van der Waals surface area contributed by atoms with Crippen LogP contribution in [0.25, 0.3) is 0 Å². The van der Waals surface area contributed by atoms with Gasteiger partial charge in [-0.05, 0) is 41.9 Å². The van der Waals surface area contributed by atoms with Crippen LogP contribution in [0, 0.1) is 11.3 Å². The predicted octanol–water partition coefficient (Wildman–Crippen LogP) is 2.59. The summed E-state index contributed by atoms with van der Waals surface area (Å²) in [5.74, 6) is 0.587. The van der Waals surface area contributed by atoms with Crippen LogP contribution in [-0.4, -0.2) is 25.8 Å². The molecule has 5 heteroatoms. The van der Waals surface area contributed by atoms with Crippen molar-refractivity contribution in [2.45, 2.75) is 45.1 Å². The first-order chi connectivity index (χ1) is 9.75. The topological polar surface area (TPSA) is 63.4 Å². The average Bonchev–Trinajstić information content (AvgIpc) is 2.46. The van der Waals surface area contributed by atoms with E-state index >= 15 is 0 Å². The van der Waals surface area contributed by atoms with Crippen molar-refractivity contribution in [3.05, 3.63) is 29.8 Å². The smallest absolute Gasteiger partial charge is 0.243 e. The second-order valence-corrected chi connectivity index (χ2v) is 8.83. The molecule has 0 saturated carbocycles. The van der Waals surface area contributed by atoms with Gasteiger partial charge >= 0.3 is 0 Å². The molecule has 1 aromatic carbocycles. The van der Waals surface area contributed by atoms with Gasteiger partial charge in [0.15, 0.2) is 0 Å². The molecule has 21 heavy (non-hydrogen) atoms. The Hall–Kier alpha value is -0.910. The van der Waals surface area contributed by atoms with Gasteiger partial charge in [0.05, 0.1) is 4.90 Å². The molecule has 1 saturated heterocycles. The van der Waals surface area contributed by atoms with Gasteiger partial charge in [-0.15, -0.1) is 0 Å². The molecular formula is C16H26N2O2S. The minimum atomic E-state index is -3.36. The van der Waals surface area contributed by atoms with Crippen LogP contribution in [0.15, 0.2) is 29.2 Å². The van der Waals surface area contributed by atoms with Crippen LogP contribution < -0.4 is 5.73 Å². The fourth-order valence-electron chi connectivity index (χ4n) is 2.91. The van der Waals surface area contributed by atoms with Crippen molar-refractivity contribution in [1.82, 2.24) is 4.31 Å². The molecule has 118 valence electrons. The predicted molar refractivity (Wildman–Crippen MR) is 85.3 cm³/mol. The fraction of sp³-hybridized carbons (Fsp3) is 0.625. The molecular weight excluding hydrogens is 284 g/mol. The monoisotopic (exact) mass is 310 g/mol. The van der Waals surface area contributed by atoms with Crippen molar-refractivity contribution in [3.63, 3.8) is 0 Å². The number of piperidine rings is 1. The molecule has 4 nitrogen and oxygen atoms in total. The van der Waals surface area contributed by atoms with Crippen molar-refractivity contribution >= 4 is 10.0 Å². The van der Waals surface area contributed by atoms with Gasteiger partial charge < -0.3 is 5.73 Å². The minimum Gasteiger partial charge on any atom is -0.326 e. The van der Waals surface area contributed by atoms with Crippen LogP contribution in [-0.2, 0) is 16.6 Å². The lowest BCUT2D eigenvalue weighted by molar-refractivity contribution is 0.154. The van der Waals surface area contributed by atoms with Crippen molar-refractivity contribution in [2.24, 2.45) is 17.1 Å². The first-order valence-corrected chi connectivity index (χ1v) is 8.98. The summed E-state index contributed by atoms with van der Waals surface area (Å²) in [5.41, 5.74) is 6.74. The van der Waals surface area contributed by atoms with Crippen molar-refractivity contribution < 1.29 is 8.42 Å². The van der Waals surface area contributed by atoms with Gasteiger partial charge in [0, 0.05) is 19.6 Å². The highest BCUT2D eigenvalue weighted by Crippen LogP contribution is 2.35. The Labute approximate surface area is 128 Å². The molecule has 1 aliphatic rings. The summed E-state index contributed by atoms with van der Waals surface area (Å²) >= 11 is 0. The number of nitrogens with zero attached hydrogens (tertiary/aromatic N) is 1. The normalized spacial score (nSPS) is 18.9. The number of hydrogen-bond donors (Lipinski definition) is 1. The van der Waals surface area contributed by atoms with Gasteiger partial charge in [0.25, 0.3) is 0 Å².